The Morgan fingerprint density at radius 3 is 2.60 bits per heavy atom. The molecule has 3 aromatic heterocycles. The van der Waals surface area contributed by atoms with Crippen molar-refractivity contribution in [3.63, 3.8) is 0 Å². The van der Waals surface area contributed by atoms with Crippen LogP contribution in [0.1, 0.15) is 16.3 Å². The Balaban J connectivity index is 1.59. The van der Waals surface area contributed by atoms with Gasteiger partial charge < -0.3 is 9.88 Å². The number of halogens is 5. The van der Waals surface area contributed by atoms with Crippen molar-refractivity contribution < 1.29 is 17.6 Å². The minimum absolute atomic E-state index is 0.0284. The van der Waals surface area contributed by atoms with E-state index in [1.807, 2.05) is 6.92 Å². The number of hydrogen-bond donors (Lipinski definition) is 1. The van der Waals surface area contributed by atoms with Gasteiger partial charge in [0, 0.05) is 19.8 Å². The lowest BCUT2D eigenvalue weighted by Gasteiger charge is -2.09. The van der Waals surface area contributed by atoms with Crippen molar-refractivity contribution in [1.82, 2.24) is 24.5 Å². The Kier molecular flexibility index (Phi) is 5.10. The highest BCUT2D eigenvalue weighted by molar-refractivity contribution is 7.18. The second-order valence-corrected chi connectivity index (χ2v) is 7.97. The highest BCUT2D eigenvalue weighted by Crippen LogP contribution is 2.32. The highest BCUT2D eigenvalue weighted by Gasteiger charge is 2.34. The Bertz CT molecular complexity index is 1250. The van der Waals surface area contributed by atoms with Crippen molar-refractivity contribution in [2.75, 3.05) is 5.32 Å². The Hall–Kier alpha value is -2.79. The summed E-state index contributed by atoms with van der Waals surface area (Å²) < 4.78 is 54.4. The summed E-state index contributed by atoms with van der Waals surface area (Å²) in [6, 6.07) is 4.22. The van der Waals surface area contributed by atoms with Gasteiger partial charge in [0.25, 0.3) is 0 Å². The van der Waals surface area contributed by atoms with Gasteiger partial charge in [0.1, 0.15) is 17.2 Å². The molecule has 0 saturated carbocycles. The van der Waals surface area contributed by atoms with Crippen LogP contribution in [0.25, 0.3) is 21.7 Å². The first-order valence-corrected chi connectivity index (χ1v) is 9.75. The molecule has 0 spiro atoms. The van der Waals surface area contributed by atoms with E-state index in [2.05, 4.69) is 25.3 Å². The van der Waals surface area contributed by atoms with Crippen LogP contribution < -0.4 is 5.32 Å². The van der Waals surface area contributed by atoms with Gasteiger partial charge in [-0.1, -0.05) is 17.4 Å². The predicted molar refractivity (Wildman–Crippen MR) is 106 cm³/mol. The maximum Gasteiger partial charge on any atom is 0.434 e. The number of thiazole rings is 1. The predicted octanol–water partition coefficient (Wildman–Crippen LogP) is 5.22. The molecule has 6 nitrogen and oxygen atoms in total. The Morgan fingerprint density at radius 1 is 1.17 bits per heavy atom. The topological polar surface area (TPSA) is 68.5 Å². The molecule has 0 saturated heterocycles. The van der Waals surface area contributed by atoms with Crippen molar-refractivity contribution >= 4 is 39.1 Å². The van der Waals surface area contributed by atoms with Gasteiger partial charge in [0.15, 0.2) is 16.3 Å². The molecule has 1 aromatic carbocycles. The maximum atomic E-state index is 14.6. The zero-order valence-corrected chi connectivity index (χ0v) is 17.1. The van der Waals surface area contributed by atoms with Crippen LogP contribution in [-0.2, 0) is 19.8 Å². The van der Waals surface area contributed by atoms with E-state index in [0.717, 1.165) is 15.8 Å². The number of aryl methyl sites for hydroxylation is 2. The van der Waals surface area contributed by atoms with Gasteiger partial charge >= 0.3 is 6.18 Å². The Morgan fingerprint density at radius 2 is 1.93 bits per heavy atom. The lowest BCUT2D eigenvalue weighted by molar-refractivity contribution is -0.140. The third-order valence-electron chi connectivity index (χ3n) is 4.24. The average molecular weight is 457 g/mol. The molecule has 0 atom stereocenters. The number of hydrogen-bond acceptors (Lipinski definition) is 6. The molecule has 4 aromatic rings. The molecular formula is C18H13ClF4N6S. The van der Waals surface area contributed by atoms with Gasteiger partial charge in [0.05, 0.1) is 10.6 Å². The van der Waals surface area contributed by atoms with Gasteiger partial charge in [-0.15, -0.1) is 0 Å². The first-order chi connectivity index (χ1) is 14.1. The summed E-state index contributed by atoms with van der Waals surface area (Å²) >= 11 is 7.32. The number of aromatic nitrogens is 5. The number of fused-ring (bicyclic) bond motifs is 1. The van der Waals surface area contributed by atoms with Crippen molar-refractivity contribution in [2.24, 2.45) is 7.05 Å². The fraction of sp³-hybridized carbons (Fsp3) is 0.222. The third kappa shape index (κ3) is 3.94. The fourth-order valence-corrected chi connectivity index (χ4v) is 3.92. The summed E-state index contributed by atoms with van der Waals surface area (Å²) in [7, 11) is 1.38. The molecule has 156 valence electrons. The molecule has 0 fully saturated rings. The fourth-order valence-electron chi connectivity index (χ4n) is 2.91. The van der Waals surface area contributed by atoms with Crippen molar-refractivity contribution in [2.45, 2.75) is 19.6 Å². The van der Waals surface area contributed by atoms with E-state index in [-0.39, 0.29) is 23.2 Å². The number of alkyl halides is 3. The molecule has 0 aliphatic rings. The van der Waals surface area contributed by atoms with E-state index in [4.69, 9.17) is 11.6 Å². The second kappa shape index (κ2) is 7.47. The highest BCUT2D eigenvalue weighted by atomic mass is 35.5. The lowest BCUT2D eigenvalue weighted by atomic mass is 10.1. The molecule has 30 heavy (non-hydrogen) atoms. The van der Waals surface area contributed by atoms with E-state index >= 15 is 0 Å². The van der Waals surface area contributed by atoms with Gasteiger partial charge in [-0.3, -0.25) is 0 Å². The zero-order valence-electron chi connectivity index (χ0n) is 15.6. The van der Waals surface area contributed by atoms with E-state index in [0.29, 0.717) is 21.7 Å². The molecule has 1 N–H and O–H groups in total. The molecule has 0 bridgehead atoms. The van der Waals surface area contributed by atoms with Crippen LogP contribution >= 0.6 is 22.9 Å². The number of rotatable bonds is 4. The molecule has 0 aliphatic carbocycles. The first-order valence-electron chi connectivity index (χ1n) is 8.55. The SMILES string of the molecule is Cc1nc2c(NCc3ccc(-c4nc(C(F)(F)F)cn4C)c(F)c3)nc(Cl)nc2s1. The standard InChI is InChI=1S/C18H13ClF4N6S/c1-8-25-13-14(27-17(19)28-16(13)30-8)24-6-9-3-4-10(11(20)5-9)15-26-12(7-29(15)2)18(21,22)23/h3-5,7H,6H2,1-2H3,(H,24,27,28). The third-order valence-corrected chi connectivity index (χ3v) is 5.27. The summed E-state index contributed by atoms with van der Waals surface area (Å²) in [4.78, 5) is 16.8. The number of anilines is 1. The van der Waals surface area contributed by atoms with E-state index in [1.165, 1.54) is 30.5 Å². The number of benzene rings is 1. The molecule has 12 heteroatoms. The smallest absolute Gasteiger partial charge is 0.364 e. The van der Waals surface area contributed by atoms with Gasteiger partial charge in [-0.2, -0.15) is 18.2 Å². The number of nitrogens with one attached hydrogen (secondary N) is 1. The van der Waals surface area contributed by atoms with Crippen molar-refractivity contribution in [1.29, 1.82) is 0 Å². The lowest BCUT2D eigenvalue weighted by Crippen LogP contribution is -2.05. The summed E-state index contributed by atoms with van der Waals surface area (Å²) in [5.74, 6) is -0.383. The van der Waals surface area contributed by atoms with Crippen LogP contribution in [0.2, 0.25) is 5.28 Å². The van der Waals surface area contributed by atoms with E-state index in [9.17, 15) is 17.6 Å². The molecule has 3 heterocycles. The molecule has 0 unspecified atom stereocenters. The molecule has 4 rings (SSSR count). The summed E-state index contributed by atoms with van der Waals surface area (Å²) in [6.45, 7) is 2.03. The van der Waals surface area contributed by atoms with E-state index < -0.39 is 17.7 Å². The van der Waals surface area contributed by atoms with Crippen LogP contribution in [0, 0.1) is 12.7 Å². The molecule has 0 amide bonds. The summed E-state index contributed by atoms with van der Waals surface area (Å²) in [5, 5.41) is 3.91. The molecule has 0 radical (unpaired) electrons. The number of imidazole rings is 1. The van der Waals surface area contributed by atoms with Crippen LogP contribution in [0.15, 0.2) is 24.4 Å². The average Bonchev–Trinajstić information content (AvgIpc) is 3.21. The van der Waals surface area contributed by atoms with Crippen LogP contribution in [0.5, 0.6) is 0 Å². The van der Waals surface area contributed by atoms with Crippen LogP contribution in [0.3, 0.4) is 0 Å². The van der Waals surface area contributed by atoms with Crippen LogP contribution in [0.4, 0.5) is 23.4 Å². The molecular weight excluding hydrogens is 444 g/mol. The van der Waals surface area contributed by atoms with Crippen LogP contribution in [-0.4, -0.2) is 24.5 Å². The monoisotopic (exact) mass is 456 g/mol. The largest absolute Gasteiger partial charge is 0.434 e. The van der Waals surface area contributed by atoms with Crippen molar-refractivity contribution in [3.8, 4) is 11.4 Å². The quantitative estimate of drug-likeness (QED) is 0.337. The normalized spacial score (nSPS) is 12.0. The first kappa shape index (κ1) is 20.5. The van der Waals surface area contributed by atoms with E-state index in [1.54, 1.807) is 6.07 Å². The molecule has 0 aliphatic heterocycles. The summed E-state index contributed by atoms with van der Waals surface area (Å²) in [5.41, 5.74) is 0.00993. The minimum Gasteiger partial charge on any atom is -0.364 e. The van der Waals surface area contributed by atoms with Crippen molar-refractivity contribution in [3.05, 3.63) is 51.8 Å². The maximum absolute atomic E-state index is 14.6. The van der Waals surface area contributed by atoms with Gasteiger partial charge in [-0.25, -0.2) is 19.3 Å². The van der Waals surface area contributed by atoms with Gasteiger partial charge in [-0.05, 0) is 36.2 Å². The Labute approximate surface area is 176 Å². The van der Waals surface area contributed by atoms with Gasteiger partial charge in [0.2, 0.25) is 5.28 Å². The summed E-state index contributed by atoms with van der Waals surface area (Å²) in [6.07, 6.45) is -3.78. The second-order valence-electron chi connectivity index (χ2n) is 6.45. The zero-order chi connectivity index (χ0) is 21.6. The number of nitrogens with zero attached hydrogens (tertiary/aromatic N) is 5. The minimum atomic E-state index is -4.60.